The van der Waals surface area contributed by atoms with Crippen LogP contribution in [0.15, 0.2) is 24.9 Å². The maximum atomic E-state index is 11.0. The minimum atomic E-state index is -0.582. The van der Waals surface area contributed by atoms with Gasteiger partial charge in [-0.15, -0.1) is 6.58 Å². The zero-order valence-electron chi connectivity index (χ0n) is 7.40. The monoisotopic (exact) mass is 211 g/mol. The van der Waals surface area contributed by atoms with Crippen LogP contribution in [-0.2, 0) is 0 Å². The summed E-state index contributed by atoms with van der Waals surface area (Å²) in [7, 11) is 0. The molecule has 0 spiro atoms. The van der Waals surface area contributed by atoms with Crippen molar-refractivity contribution in [3.63, 3.8) is 0 Å². The molecule has 1 unspecified atom stereocenters. The number of pyridine rings is 1. The fraction of sp³-hybridized carbons (Fsp3) is 0.111. The minimum absolute atomic E-state index is 0.207. The van der Waals surface area contributed by atoms with Crippen LogP contribution in [-0.4, -0.2) is 10.9 Å². The first-order valence-corrected chi connectivity index (χ1v) is 4.27. The lowest BCUT2D eigenvalue weighted by atomic mass is 10.0. The van der Waals surface area contributed by atoms with Crippen molar-refractivity contribution in [2.24, 2.45) is 11.5 Å². The van der Waals surface area contributed by atoms with E-state index >= 15 is 0 Å². The number of rotatable bonds is 3. The number of primary amides is 1. The molecule has 0 aromatic carbocycles. The second kappa shape index (κ2) is 4.21. The van der Waals surface area contributed by atoms with Crippen LogP contribution in [0.1, 0.15) is 22.0 Å². The predicted octanol–water partition coefficient (Wildman–Crippen LogP) is 1.02. The van der Waals surface area contributed by atoms with E-state index in [-0.39, 0.29) is 10.7 Å². The van der Waals surface area contributed by atoms with Crippen LogP contribution in [0.3, 0.4) is 0 Å². The van der Waals surface area contributed by atoms with Crippen molar-refractivity contribution < 1.29 is 4.79 Å². The fourth-order valence-electron chi connectivity index (χ4n) is 1.05. The highest BCUT2D eigenvalue weighted by Crippen LogP contribution is 2.18. The standard InChI is InChI=1S/C9H10ClN3O/c1-2-7(11)6-4-13-8(10)3-5(6)9(12)14/h2-4,7H,1,11H2,(H2,12,14). The summed E-state index contributed by atoms with van der Waals surface area (Å²) < 4.78 is 0. The molecule has 1 amide bonds. The molecule has 0 radical (unpaired) electrons. The average molecular weight is 212 g/mol. The molecule has 4 nitrogen and oxygen atoms in total. The minimum Gasteiger partial charge on any atom is -0.366 e. The maximum Gasteiger partial charge on any atom is 0.249 e. The largest absolute Gasteiger partial charge is 0.366 e. The van der Waals surface area contributed by atoms with E-state index in [0.717, 1.165) is 0 Å². The van der Waals surface area contributed by atoms with Crippen LogP contribution >= 0.6 is 11.6 Å². The summed E-state index contributed by atoms with van der Waals surface area (Å²) in [4.78, 5) is 14.9. The predicted molar refractivity (Wildman–Crippen MR) is 54.9 cm³/mol. The number of nitrogens with zero attached hydrogens (tertiary/aromatic N) is 1. The van der Waals surface area contributed by atoms with Gasteiger partial charge in [0.25, 0.3) is 0 Å². The van der Waals surface area contributed by atoms with Crippen molar-refractivity contribution in [1.82, 2.24) is 4.98 Å². The Hall–Kier alpha value is -1.39. The average Bonchev–Trinajstić information content (AvgIpc) is 2.16. The number of carbonyl (C=O) groups excluding carboxylic acids is 1. The zero-order valence-corrected chi connectivity index (χ0v) is 8.16. The molecule has 0 aliphatic rings. The van der Waals surface area contributed by atoms with Crippen LogP contribution in [0.2, 0.25) is 5.15 Å². The van der Waals surface area contributed by atoms with E-state index in [1.165, 1.54) is 18.3 Å². The lowest BCUT2D eigenvalue weighted by molar-refractivity contribution is 0.0999. The van der Waals surface area contributed by atoms with E-state index in [1.54, 1.807) is 0 Å². The molecule has 0 fully saturated rings. The Kier molecular flexibility index (Phi) is 3.22. The molecule has 0 bridgehead atoms. The van der Waals surface area contributed by atoms with Crippen molar-refractivity contribution in [2.45, 2.75) is 6.04 Å². The second-order valence-corrected chi connectivity index (χ2v) is 3.11. The SMILES string of the molecule is C=CC(N)c1cnc(Cl)cc1C(N)=O. The van der Waals surface area contributed by atoms with Crippen molar-refractivity contribution in [2.75, 3.05) is 0 Å². The van der Waals surface area contributed by atoms with Gasteiger partial charge in [0, 0.05) is 17.3 Å². The van der Waals surface area contributed by atoms with Crippen molar-refractivity contribution in [3.8, 4) is 0 Å². The summed E-state index contributed by atoms with van der Waals surface area (Å²) in [5.41, 5.74) is 11.6. The van der Waals surface area contributed by atoms with Gasteiger partial charge < -0.3 is 11.5 Å². The summed E-state index contributed by atoms with van der Waals surface area (Å²) in [6, 6.07) is 0.921. The summed E-state index contributed by atoms with van der Waals surface area (Å²) in [5.74, 6) is -0.582. The van der Waals surface area contributed by atoms with Crippen molar-refractivity contribution in [1.29, 1.82) is 0 Å². The third-order valence-corrected chi connectivity index (χ3v) is 1.99. The molecule has 0 saturated carbocycles. The van der Waals surface area contributed by atoms with Gasteiger partial charge >= 0.3 is 0 Å². The van der Waals surface area contributed by atoms with Gasteiger partial charge in [-0.2, -0.15) is 0 Å². The Labute approximate surface area is 86.6 Å². The third kappa shape index (κ3) is 2.10. The van der Waals surface area contributed by atoms with E-state index in [1.807, 2.05) is 0 Å². The zero-order chi connectivity index (χ0) is 10.7. The number of aromatic nitrogens is 1. The quantitative estimate of drug-likeness (QED) is 0.579. The van der Waals surface area contributed by atoms with E-state index in [9.17, 15) is 4.79 Å². The van der Waals surface area contributed by atoms with Gasteiger partial charge in [0.05, 0.1) is 6.04 Å². The second-order valence-electron chi connectivity index (χ2n) is 2.72. The smallest absolute Gasteiger partial charge is 0.249 e. The lowest BCUT2D eigenvalue weighted by Gasteiger charge is -2.10. The van der Waals surface area contributed by atoms with Crippen LogP contribution in [0.4, 0.5) is 0 Å². The Morgan fingerprint density at radius 2 is 2.36 bits per heavy atom. The molecule has 0 aliphatic carbocycles. The number of carbonyl (C=O) groups is 1. The molecular weight excluding hydrogens is 202 g/mol. The molecule has 0 saturated heterocycles. The first kappa shape index (κ1) is 10.7. The van der Waals surface area contributed by atoms with Gasteiger partial charge in [-0.05, 0) is 6.07 Å². The van der Waals surface area contributed by atoms with Crippen molar-refractivity contribution >= 4 is 17.5 Å². The maximum absolute atomic E-state index is 11.0. The third-order valence-electron chi connectivity index (χ3n) is 1.78. The number of halogens is 1. The molecule has 1 heterocycles. The first-order chi connectivity index (χ1) is 6.56. The van der Waals surface area contributed by atoms with Gasteiger partial charge in [-0.1, -0.05) is 17.7 Å². The number of nitrogens with two attached hydrogens (primary N) is 2. The summed E-state index contributed by atoms with van der Waals surface area (Å²) in [5, 5.41) is 0.207. The van der Waals surface area contributed by atoms with Gasteiger partial charge in [0.15, 0.2) is 0 Å². The topological polar surface area (TPSA) is 82.0 Å². The summed E-state index contributed by atoms with van der Waals surface area (Å²) in [6.45, 7) is 3.52. The summed E-state index contributed by atoms with van der Waals surface area (Å²) in [6.07, 6.45) is 2.92. The Morgan fingerprint density at radius 1 is 1.71 bits per heavy atom. The van der Waals surface area contributed by atoms with Gasteiger partial charge in [0.2, 0.25) is 5.91 Å². The van der Waals surface area contributed by atoms with Crippen LogP contribution < -0.4 is 11.5 Å². The van der Waals surface area contributed by atoms with Crippen LogP contribution in [0.25, 0.3) is 0 Å². The lowest BCUT2D eigenvalue weighted by Crippen LogP contribution is -2.18. The van der Waals surface area contributed by atoms with Gasteiger partial charge in [-0.25, -0.2) is 4.98 Å². The number of hydrogen-bond acceptors (Lipinski definition) is 3. The molecule has 1 atom stereocenters. The molecule has 1 aromatic heterocycles. The highest BCUT2D eigenvalue weighted by Gasteiger charge is 2.13. The molecule has 0 aliphatic heterocycles. The highest BCUT2D eigenvalue weighted by atomic mass is 35.5. The molecule has 14 heavy (non-hydrogen) atoms. The van der Waals surface area contributed by atoms with Crippen LogP contribution in [0, 0.1) is 0 Å². The van der Waals surface area contributed by atoms with E-state index < -0.39 is 11.9 Å². The molecule has 1 aromatic rings. The van der Waals surface area contributed by atoms with E-state index in [0.29, 0.717) is 5.56 Å². The van der Waals surface area contributed by atoms with Gasteiger partial charge in [0.1, 0.15) is 5.15 Å². The highest BCUT2D eigenvalue weighted by molar-refractivity contribution is 6.29. The normalized spacial score (nSPS) is 12.1. The fourth-order valence-corrected chi connectivity index (χ4v) is 1.20. The number of hydrogen-bond donors (Lipinski definition) is 2. The first-order valence-electron chi connectivity index (χ1n) is 3.89. The Morgan fingerprint density at radius 3 is 2.86 bits per heavy atom. The molecular formula is C9H10ClN3O. The molecule has 4 N–H and O–H groups in total. The molecule has 74 valence electrons. The molecule has 1 rings (SSSR count). The Balaban J connectivity index is 3.28. The van der Waals surface area contributed by atoms with Gasteiger partial charge in [-0.3, -0.25) is 4.79 Å². The van der Waals surface area contributed by atoms with E-state index in [4.69, 9.17) is 23.1 Å². The summed E-state index contributed by atoms with van der Waals surface area (Å²) >= 11 is 5.62. The van der Waals surface area contributed by atoms with Crippen LogP contribution in [0.5, 0.6) is 0 Å². The Bertz CT molecular complexity index is 378. The van der Waals surface area contributed by atoms with E-state index in [2.05, 4.69) is 11.6 Å². The van der Waals surface area contributed by atoms with Crippen molar-refractivity contribution in [3.05, 3.63) is 41.2 Å². The molecule has 5 heteroatoms. The number of amides is 1.